The van der Waals surface area contributed by atoms with Crippen LogP contribution < -0.4 is 4.74 Å². The predicted molar refractivity (Wildman–Crippen MR) is 51.3 cm³/mol. The van der Waals surface area contributed by atoms with Gasteiger partial charge in [0.05, 0.1) is 24.4 Å². The molecule has 0 radical (unpaired) electrons. The fraction of sp³-hybridized carbons (Fsp3) is 0.400. The van der Waals surface area contributed by atoms with Gasteiger partial charge in [0.25, 0.3) is 0 Å². The van der Waals surface area contributed by atoms with Crippen molar-refractivity contribution >= 4 is 5.97 Å². The van der Waals surface area contributed by atoms with Crippen molar-refractivity contribution in [3.05, 3.63) is 24.0 Å². The summed E-state index contributed by atoms with van der Waals surface area (Å²) in [5, 5.41) is 8.51. The van der Waals surface area contributed by atoms with E-state index in [9.17, 15) is 4.79 Å². The van der Waals surface area contributed by atoms with Gasteiger partial charge in [-0.2, -0.15) is 0 Å². The van der Waals surface area contributed by atoms with Gasteiger partial charge in [-0.3, -0.25) is 9.78 Å². The molecule has 0 bridgehead atoms. The molecule has 14 heavy (non-hydrogen) atoms. The van der Waals surface area contributed by atoms with Crippen LogP contribution in [-0.4, -0.2) is 22.2 Å². The molecule has 1 aromatic heterocycles. The van der Waals surface area contributed by atoms with Crippen molar-refractivity contribution in [2.24, 2.45) is 0 Å². The summed E-state index contributed by atoms with van der Waals surface area (Å²) in [4.78, 5) is 14.3. The SMILES string of the molecule is CC(C)Oc1ccc(CC(=O)O)nc1. The molecule has 0 amide bonds. The molecule has 0 saturated carbocycles. The fourth-order valence-electron chi connectivity index (χ4n) is 1.01. The summed E-state index contributed by atoms with van der Waals surface area (Å²) in [7, 11) is 0. The molecule has 0 atom stereocenters. The maximum atomic E-state index is 10.4. The largest absolute Gasteiger partial charge is 0.489 e. The highest BCUT2D eigenvalue weighted by Crippen LogP contribution is 2.11. The van der Waals surface area contributed by atoms with Crippen molar-refractivity contribution in [1.29, 1.82) is 0 Å². The van der Waals surface area contributed by atoms with E-state index < -0.39 is 5.97 Å². The van der Waals surface area contributed by atoms with E-state index in [0.717, 1.165) is 0 Å². The molecule has 0 aliphatic heterocycles. The minimum absolute atomic E-state index is 0.0536. The van der Waals surface area contributed by atoms with E-state index in [4.69, 9.17) is 9.84 Å². The normalized spacial score (nSPS) is 10.2. The first-order chi connectivity index (χ1) is 6.58. The number of rotatable bonds is 4. The van der Waals surface area contributed by atoms with E-state index in [1.165, 1.54) is 6.20 Å². The van der Waals surface area contributed by atoms with Crippen molar-refractivity contribution in [2.75, 3.05) is 0 Å². The lowest BCUT2D eigenvalue weighted by Crippen LogP contribution is -2.07. The number of hydrogen-bond acceptors (Lipinski definition) is 3. The zero-order valence-corrected chi connectivity index (χ0v) is 8.23. The molecule has 4 nitrogen and oxygen atoms in total. The summed E-state index contributed by atoms with van der Waals surface area (Å²) in [5.41, 5.74) is 0.536. The highest BCUT2D eigenvalue weighted by atomic mass is 16.5. The quantitative estimate of drug-likeness (QED) is 0.790. The van der Waals surface area contributed by atoms with Gasteiger partial charge in [0.15, 0.2) is 0 Å². The summed E-state index contributed by atoms with van der Waals surface area (Å²) >= 11 is 0. The minimum atomic E-state index is -0.880. The number of hydrogen-bond donors (Lipinski definition) is 1. The molecule has 0 saturated heterocycles. The second kappa shape index (κ2) is 4.60. The second-order valence-corrected chi connectivity index (χ2v) is 3.22. The molecule has 0 unspecified atom stereocenters. The van der Waals surface area contributed by atoms with Gasteiger partial charge >= 0.3 is 5.97 Å². The first-order valence-corrected chi connectivity index (χ1v) is 4.41. The lowest BCUT2D eigenvalue weighted by Gasteiger charge is -2.08. The molecule has 4 heteroatoms. The highest BCUT2D eigenvalue weighted by Gasteiger charge is 2.02. The van der Waals surface area contributed by atoms with Crippen LogP contribution >= 0.6 is 0 Å². The predicted octanol–water partition coefficient (Wildman–Crippen LogP) is 1.50. The maximum absolute atomic E-state index is 10.4. The van der Waals surface area contributed by atoms with Crippen molar-refractivity contribution in [3.8, 4) is 5.75 Å². The molecule has 1 rings (SSSR count). The van der Waals surface area contributed by atoms with Gasteiger partial charge in [0, 0.05) is 0 Å². The zero-order chi connectivity index (χ0) is 10.6. The van der Waals surface area contributed by atoms with Crippen LogP contribution in [0.5, 0.6) is 5.75 Å². The fourth-order valence-corrected chi connectivity index (χ4v) is 1.01. The Morgan fingerprint density at radius 1 is 1.57 bits per heavy atom. The third-order valence-corrected chi connectivity index (χ3v) is 1.50. The zero-order valence-electron chi connectivity index (χ0n) is 8.23. The molecule has 76 valence electrons. The van der Waals surface area contributed by atoms with Crippen LogP contribution in [0, 0.1) is 0 Å². The van der Waals surface area contributed by atoms with Crippen LogP contribution in [0.1, 0.15) is 19.5 Å². The third kappa shape index (κ3) is 3.43. The van der Waals surface area contributed by atoms with Gasteiger partial charge in [-0.1, -0.05) is 0 Å². The van der Waals surface area contributed by atoms with Crippen molar-refractivity contribution in [3.63, 3.8) is 0 Å². The molecule has 1 heterocycles. The maximum Gasteiger partial charge on any atom is 0.309 e. The number of ether oxygens (including phenoxy) is 1. The molecular formula is C10H13NO3. The molecule has 0 spiro atoms. The molecule has 0 fully saturated rings. The first kappa shape index (κ1) is 10.5. The van der Waals surface area contributed by atoms with Gasteiger partial charge in [-0.25, -0.2) is 0 Å². The number of aromatic nitrogens is 1. The Morgan fingerprint density at radius 2 is 2.29 bits per heavy atom. The van der Waals surface area contributed by atoms with Gasteiger partial charge in [0.1, 0.15) is 5.75 Å². The third-order valence-electron chi connectivity index (χ3n) is 1.50. The summed E-state index contributed by atoms with van der Waals surface area (Å²) in [5.74, 6) is -0.218. The van der Waals surface area contributed by atoms with Crippen LogP contribution in [0.3, 0.4) is 0 Å². The summed E-state index contributed by atoms with van der Waals surface area (Å²) in [6.07, 6.45) is 1.59. The monoisotopic (exact) mass is 195 g/mol. The van der Waals surface area contributed by atoms with E-state index in [2.05, 4.69) is 4.98 Å². The number of nitrogens with zero attached hydrogens (tertiary/aromatic N) is 1. The average molecular weight is 195 g/mol. The van der Waals surface area contributed by atoms with Crippen LogP contribution in [0.4, 0.5) is 0 Å². The lowest BCUT2D eigenvalue weighted by atomic mass is 10.3. The Kier molecular flexibility index (Phi) is 3.45. The molecule has 0 aromatic carbocycles. The van der Waals surface area contributed by atoms with Gasteiger partial charge in [-0.05, 0) is 26.0 Å². The Bertz CT molecular complexity index is 306. The van der Waals surface area contributed by atoms with E-state index in [0.29, 0.717) is 11.4 Å². The number of carbonyl (C=O) groups is 1. The first-order valence-electron chi connectivity index (χ1n) is 4.41. The van der Waals surface area contributed by atoms with Crippen LogP contribution in [0.15, 0.2) is 18.3 Å². The molecule has 1 N–H and O–H groups in total. The molecular weight excluding hydrogens is 182 g/mol. The van der Waals surface area contributed by atoms with Crippen LogP contribution in [-0.2, 0) is 11.2 Å². The second-order valence-electron chi connectivity index (χ2n) is 3.22. The molecule has 0 aliphatic rings. The van der Waals surface area contributed by atoms with Crippen LogP contribution in [0.25, 0.3) is 0 Å². The standard InChI is InChI=1S/C10H13NO3/c1-7(2)14-9-4-3-8(11-6-9)5-10(12)13/h3-4,6-7H,5H2,1-2H3,(H,12,13). The summed E-state index contributed by atoms with van der Waals surface area (Å²) in [6, 6.07) is 3.39. The molecule has 1 aromatic rings. The summed E-state index contributed by atoms with van der Waals surface area (Å²) in [6.45, 7) is 3.84. The number of carboxylic acids is 1. The topological polar surface area (TPSA) is 59.4 Å². The lowest BCUT2D eigenvalue weighted by molar-refractivity contribution is -0.136. The van der Waals surface area contributed by atoms with E-state index >= 15 is 0 Å². The minimum Gasteiger partial charge on any atom is -0.489 e. The van der Waals surface area contributed by atoms with Crippen LogP contribution in [0.2, 0.25) is 0 Å². The smallest absolute Gasteiger partial charge is 0.309 e. The molecule has 0 aliphatic carbocycles. The summed E-state index contributed by atoms with van der Waals surface area (Å²) < 4.78 is 5.36. The van der Waals surface area contributed by atoms with Gasteiger partial charge in [-0.15, -0.1) is 0 Å². The Morgan fingerprint density at radius 3 is 2.71 bits per heavy atom. The van der Waals surface area contributed by atoms with Crippen molar-refractivity contribution in [2.45, 2.75) is 26.4 Å². The number of pyridine rings is 1. The number of carboxylic acid groups (broad SMARTS) is 1. The Hall–Kier alpha value is -1.58. The Labute approximate surface area is 82.5 Å². The number of aliphatic carboxylic acids is 1. The van der Waals surface area contributed by atoms with E-state index in [1.54, 1.807) is 12.1 Å². The van der Waals surface area contributed by atoms with Gasteiger partial charge < -0.3 is 9.84 Å². The van der Waals surface area contributed by atoms with E-state index in [1.807, 2.05) is 13.8 Å². The average Bonchev–Trinajstić information content (AvgIpc) is 2.06. The highest BCUT2D eigenvalue weighted by molar-refractivity contribution is 5.69. The van der Waals surface area contributed by atoms with Crippen molar-refractivity contribution < 1.29 is 14.6 Å². The van der Waals surface area contributed by atoms with Gasteiger partial charge in [0.2, 0.25) is 0 Å². The van der Waals surface area contributed by atoms with Crippen molar-refractivity contribution in [1.82, 2.24) is 4.98 Å². The van der Waals surface area contributed by atoms with E-state index in [-0.39, 0.29) is 12.5 Å². The Balaban J connectivity index is 2.63.